The Bertz CT molecular complexity index is 608. The van der Waals surface area contributed by atoms with Crippen LogP contribution in [0.3, 0.4) is 0 Å². The van der Waals surface area contributed by atoms with E-state index in [4.69, 9.17) is 4.74 Å². The molecule has 134 valence electrons. The number of halogens is 2. The predicted octanol–water partition coefficient (Wildman–Crippen LogP) is 5.01. The largest absolute Gasteiger partial charge is 0.462 e. The lowest BCUT2D eigenvalue weighted by atomic mass is 10.1. The number of carbonyl (C=O) groups is 2. The maximum Gasteiger partial charge on any atom is 0.319 e. The summed E-state index contributed by atoms with van der Waals surface area (Å²) in [4.78, 5) is 24.5. The van der Waals surface area contributed by atoms with Crippen molar-refractivity contribution in [1.29, 1.82) is 0 Å². The fourth-order valence-corrected chi connectivity index (χ4v) is 3.50. The number of esters is 1. The summed E-state index contributed by atoms with van der Waals surface area (Å²) in [6.07, 6.45) is 0.0586. The van der Waals surface area contributed by atoms with E-state index < -0.39 is 11.1 Å². The Balaban J connectivity index is 3.08. The molecule has 7 heteroatoms. The molecule has 1 amide bonds. The molecule has 0 aliphatic carbocycles. The molecule has 0 heterocycles. The lowest BCUT2D eigenvalue weighted by Gasteiger charge is -2.21. The summed E-state index contributed by atoms with van der Waals surface area (Å²) in [6, 6.07) is 2.83. The van der Waals surface area contributed by atoms with E-state index in [2.05, 4.69) is 21.2 Å². The molecule has 0 spiro atoms. The van der Waals surface area contributed by atoms with E-state index in [1.807, 2.05) is 13.8 Å². The Kier molecular flexibility index (Phi) is 8.22. The van der Waals surface area contributed by atoms with Gasteiger partial charge in [-0.1, -0.05) is 20.8 Å². The minimum absolute atomic E-state index is 0.0342. The SMILES string of the molecule is CCC(=O)Nc1cc(SC(C(=O)OC(C)C)C(C)C)c(Br)cc1F. The van der Waals surface area contributed by atoms with E-state index in [0.29, 0.717) is 9.37 Å². The molecule has 0 aromatic heterocycles. The van der Waals surface area contributed by atoms with Crippen molar-refractivity contribution >= 4 is 45.3 Å². The van der Waals surface area contributed by atoms with Gasteiger partial charge in [-0.25, -0.2) is 4.39 Å². The summed E-state index contributed by atoms with van der Waals surface area (Å²) in [5.41, 5.74) is 0.104. The first-order valence-corrected chi connectivity index (χ1v) is 9.49. The molecule has 0 aliphatic heterocycles. The van der Waals surface area contributed by atoms with Crippen LogP contribution in [0.15, 0.2) is 21.5 Å². The van der Waals surface area contributed by atoms with Crippen LogP contribution in [0, 0.1) is 11.7 Å². The topological polar surface area (TPSA) is 55.4 Å². The molecule has 0 saturated carbocycles. The van der Waals surface area contributed by atoms with Gasteiger partial charge in [-0.05, 0) is 47.8 Å². The number of amides is 1. The Labute approximate surface area is 155 Å². The molecule has 0 bridgehead atoms. The normalized spacial score (nSPS) is 12.4. The molecule has 0 aliphatic rings. The van der Waals surface area contributed by atoms with Gasteiger partial charge in [0.2, 0.25) is 5.91 Å². The third kappa shape index (κ3) is 6.09. The van der Waals surface area contributed by atoms with Crippen LogP contribution in [-0.4, -0.2) is 23.2 Å². The standard InChI is InChI=1S/C17H23BrFNO3S/c1-6-15(21)20-13-8-14(11(18)7-12(13)19)24-16(9(2)3)17(22)23-10(4)5/h7-10,16H,6H2,1-5H3,(H,20,21). The average molecular weight is 420 g/mol. The molecule has 1 aromatic carbocycles. The number of thioether (sulfide) groups is 1. The molecule has 0 fully saturated rings. The first-order valence-electron chi connectivity index (χ1n) is 7.81. The highest BCUT2D eigenvalue weighted by molar-refractivity contribution is 9.10. The first-order chi connectivity index (χ1) is 11.1. The third-order valence-electron chi connectivity index (χ3n) is 3.06. The van der Waals surface area contributed by atoms with Crippen molar-refractivity contribution < 1.29 is 18.7 Å². The van der Waals surface area contributed by atoms with Gasteiger partial charge in [-0.3, -0.25) is 9.59 Å². The van der Waals surface area contributed by atoms with Gasteiger partial charge in [0.05, 0.1) is 11.8 Å². The predicted molar refractivity (Wildman–Crippen MR) is 98.7 cm³/mol. The van der Waals surface area contributed by atoms with Crippen LogP contribution in [0.4, 0.5) is 10.1 Å². The smallest absolute Gasteiger partial charge is 0.319 e. The van der Waals surface area contributed by atoms with Gasteiger partial charge in [0, 0.05) is 15.8 Å². The first kappa shape index (κ1) is 21.0. The highest BCUT2D eigenvalue weighted by Crippen LogP contribution is 2.37. The zero-order valence-corrected chi connectivity index (χ0v) is 16.9. The minimum atomic E-state index is -0.529. The fourth-order valence-electron chi connectivity index (χ4n) is 1.85. The maximum absolute atomic E-state index is 14.0. The molecule has 0 saturated heterocycles. The van der Waals surface area contributed by atoms with Crippen LogP contribution in [0.1, 0.15) is 41.0 Å². The van der Waals surface area contributed by atoms with Crippen LogP contribution in [0.2, 0.25) is 0 Å². The maximum atomic E-state index is 14.0. The Morgan fingerprint density at radius 1 is 1.29 bits per heavy atom. The average Bonchev–Trinajstić information content (AvgIpc) is 2.47. The summed E-state index contributed by atoms with van der Waals surface area (Å²) in [5.74, 6) is -1.07. The van der Waals surface area contributed by atoms with Crippen LogP contribution in [0.25, 0.3) is 0 Å². The second-order valence-corrected chi connectivity index (χ2v) is 7.97. The number of ether oxygens (including phenoxy) is 1. The zero-order valence-electron chi connectivity index (χ0n) is 14.5. The molecule has 1 atom stereocenters. The van der Waals surface area contributed by atoms with Crippen LogP contribution in [0.5, 0.6) is 0 Å². The Morgan fingerprint density at radius 2 is 1.92 bits per heavy atom. The molecular formula is C17H23BrFNO3S. The Hall–Kier alpha value is -1.08. The second kappa shape index (κ2) is 9.42. The third-order valence-corrected chi connectivity index (χ3v) is 5.56. The van der Waals surface area contributed by atoms with E-state index in [-0.39, 0.29) is 36.0 Å². The summed E-state index contributed by atoms with van der Waals surface area (Å²) in [7, 11) is 0. The van der Waals surface area contributed by atoms with Crippen molar-refractivity contribution in [2.45, 2.75) is 57.3 Å². The van der Waals surface area contributed by atoms with Crippen molar-refractivity contribution in [1.82, 2.24) is 0 Å². The van der Waals surface area contributed by atoms with Crippen molar-refractivity contribution in [2.24, 2.45) is 5.92 Å². The summed E-state index contributed by atoms with van der Waals surface area (Å²) >= 11 is 4.61. The molecule has 1 aromatic rings. The van der Waals surface area contributed by atoms with Crippen molar-refractivity contribution in [3.05, 3.63) is 22.4 Å². The molecular weight excluding hydrogens is 397 g/mol. The van der Waals surface area contributed by atoms with Crippen molar-refractivity contribution in [2.75, 3.05) is 5.32 Å². The van der Waals surface area contributed by atoms with E-state index in [1.165, 1.54) is 23.9 Å². The quantitative estimate of drug-likeness (QED) is 0.498. The second-order valence-electron chi connectivity index (χ2n) is 5.93. The van der Waals surface area contributed by atoms with E-state index in [1.54, 1.807) is 20.8 Å². The van der Waals surface area contributed by atoms with Gasteiger partial charge in [-0.2, -0.15) is 0 Å². The fraction of sp³-hybridized carbons (Fsp3) is 0.529. The minimum Gasteiger partial charge on any atom is -0.462 e. The summed E-state index contributed by atoms with van der Waals surface area (Å²) < 4.78 is 19.8. The van der Waals surface area contributed by atoms with Gasteiger partial charge in [0.1, 0.15) is 11.1 Å². The molecule has 1 unspecified atom stereocenters. The molecule has 4 nitrogen and oxygen atoms in total. The summed E-state index contributed by atoms with van der Waals surface area (Å²) in [6.45, 7) is 9.14. The number of hydrogen-bond donors (Lipinski definition) is 1. The molecule has 0 radical (unpaired) electrons. The number of anilines is 1. The molecule has 1 N–H and O–H groups in total. The highest BCUT2D eigenvalue weighted by atomic mass is 79.9. The van der Waals surface area contributed by atoms with Crippen LogP contribution in [-0.2, 0) is 14.3 Å². The van der Waals surface area contributed by atoms with Gasteiger partial charge >= 0.3 is 5.97 Å². The number of hydrogen-bond acceptors (Lipinski definition) is 4. The number of carbonyl (C=O) groups excluding carboxylic acids is 2. The lowest BCUT2D eigenvalue weighted by molar-refractivity contribution is -0.147. The van der Waals surface area contributed by atoms with E-state index >= 15 is 0 Å². The Morgan fingerprint density at radius 3 is 2.42 bits per heavy atom. The van der Waals surface area contributed by atoms with Crippen LogP contribution >= 0.6 is 27.7 Å². The molecule has 1 rings (SSSR count). The van der Waals surface area contributed by atoms with Gasteiger partial charge in [-0.15, -0.1) is 11.8 Å². The number of benzene rings is 1. The van der Waals surface area contributed by atoms with Gasteiger partial charge < -0.3 is 10.1 Å². The van der Waals surface area contributed by atoms with Crippen molar-refractivity contribution in [3.63, 3.8) is 0 Å². The lowest BCUT2D eigenvalue weighted by Crippen LogP contribution is -2.27. The van der Waals surface area contributed by atoms with Gasteiger partial charge in [0.25, 0.3) is 0 Å². The monoisotopic (exact) mass is 419 g/mol. The van der Waals surface area contributed by atoms with Gasteiger partial charge in [0.15, 0.2) is 0 Å². The van der Waals surface area contributed by atoms with E-state index in [0.717, 1.165) is 0 Å². The highest BCUT2D eigenvalue weighted by Gasteiger charge is 2.27. The number of nitrogens with one attached hydrogen (secondary N) is 1. The van der Waals surface area contributed by atoms with Crippen molar-refractivity contribution in [3.8, 4) is 0 Å². The zero-order chi connectivity index (χ0) is 18.4. The van der Waals surface area contributed by atoms with E-state index in [9.17, 15) is 14.0 Å². The molecule has 24 heavy (non-hydrogen) atoms. The number of rotatable bonds is 7. The summed E-state index contributed by atoms with van der Waals surface area (Å²) in [5, 5.41) is 2.10. The van der Waals surface area contributed by atoms with Crippen LogP contribution < -0.4 is 5.32 Å².